The molecule has 1 amide bonds. The minimum Gasteiger partial charge on any atom is -0.394 e. The number of benzene rings is 2. The highest BCUT2D eigenvalue weighted by Gasteiger charge is 2.30. The van der Waals surface area contributed by atoms with E-state index < -0.39 is 10.7 Å². The van der Waals surface area contributed by atoms with Crippen LogP contribution in [0.5, 0.6) is 0 Å². The van der Waals surface area contributed by atoms with Crippen LogP contribution in [0.25, 0.3) is 10.9 Å². The third kappa shape index (κ3) is 4.03. The third-order valence-electron chi connectivity index (χ3n) is 5.48. The van der Waals surface area contributed by atoms with Crippen molar-refractivity contribution in [3.63, 3.8) is 0 Å². The Morgan fingerprint density at radius 3 is 2.57 bits per heavy atom. The second-order valence-corrected chi connectivity index (χ2v) is 8.70. The molecule has 0 saturated carbocycles. The average molecular weight is 448 g/mol. The first kappa shape index (κ1) is 20.7. The van der Waals surface area contributed by atoms with E-state index in [2.05, 4.69) is 0 Å². The molecule has 1 N–H and O–H groups in total. The molecule has 2 aromatic carbocycles. The van der Waals surface area contributed by atoms with Gasteiger partial charge in [0, 0.05) is 36.9 Å². The topological polar surface area (TPSA) is 82.9 Å². The number of hydrogen-bond acceptors (Lipinski definition) is 5. The summed E-state index contributed by atoms with van der Waals surface area (Å²) in [5.74, 6) is -0.0789. The Hall–Kier alpha value is -2.55. The molecule has 0 radical (unpaired) electrons. The summed E-state index contributed by atoms with van der Waals surface area (Å²) in [5.41, 5.74) is 1.69. The molecule has 0 unspecified atom stereocenters. The van der Waals surface area contributed by atoms with Crippen LogP contribution in [0, 0.1) is 0 Å². The molecule has 30 heavy (non-hydrogen) atoms. The zero-order valence-electron chi connectivity index (χ0n) is 16.1. The van der Waals surface area contributed by atoms with Crippen molar-refractivity contribution < 1.29 is 18.3 Å². The Kier molecular flexibility index (Phi) is 5.99. The number of hydrogen-bond donors (Lipinski definition) is 2. The van der Waals surface area contributed by atoms with Crippen LogP contribution >= 0.6 is 11.6 Å². The van der Waals surface area contributed by atoms with E-state index in [-0.39, 0.29) is 30.0 Å². The van der Waals surface area contributed by atoms with Crippen LogP contribution in [-0.4, -0.2) is 61.2 Å². The molecular formula is C21H22ClN3O4S. The smallest absolute Gasteiger partial charge is 0.242 e. The average Bonchev–Trinajstić information content (AvgIpc) is 3.17. The van der Waals surface area contributed by atoms with Crippen molar-refractivity contribution in [3.8, 4) is 0 Å². The van der Waals surface area contributed by atoms with Gasteiger partial charge in [0.25, 0.3) is 0 Å². The Labute approximate surface area is 181 Å². The maximum Gasteiger partial charge on any atom is 0.242 e. The molecule has 1 aliphatic rings. The van der Waals surface area contributed by atoms with Crippen LogP contribution in [0.1, 0.15) is 0 Å². The lowest BCUT2D eigenvalue weighted by Gasteiger charge is -2.42. The van der Waals surface area contributed by atoms with Crippen molar-refractivity contribution >= 4 is 44.8 Å². The van der Waals surface area contributed by atoms with Crippen LogP contribution in [0.15, 0.2) is 59.6 Å². The highest BCUT2D eigenvalue weighted by Crippen LogP contribution is 2.25. The number of piperazine rings is 1. The molecular weight excluding hydrogens is 426 g/mol. The monoisotopic (exact) mass is 447 g/mol. The standard InChI is InChI=1S/C21H22ClN3O4S/c22-19-3-1-2-15-8-9-24(21(15)19)13-20(27)25-11-10-23(12-17(25)14-26)16-4-6-18(7-5-16)30(28)29/h1-9,17,26,30H,10-14H2/t17-/m1/s1. The predicted molar refractivity (Wildman–Crippen MR) is 117 cm³/mol. The van der Waals surface area contributed by atoms with Crippen LogP contribution in [0.4, 0.5) is 5.69 Å². The largest absolute Gasteiger partial charge is 0.394 e. The van der Waals surface area contributed by atoms with Gasteiger partial charge in [-0.05, 0) is 36.4 Å². The van der Waals surface area contributed by atoms with Crippen molar-refractivity contribution in [1.82, 2.24) is 9.47 Å². The Morgan fingerprint density at radius 2 is 1.87 bits per heavy atom. The normalized spacial score (nSPS) is 17.1. The molecule has 1 fully saturated rings. The van der Waals surface area contributed by atoms with Crippen LogP contribution in [0.2, 0.25) is 5.02 Å². The lowest BCUT2D eigenvalue weighted by molar-refractivity contribution is -0.135. The number of carbonyl (C=O) groups excluding carboxylic acids is 1. The molecule has 0 bridgehead atoms. The molecule has 158 valence electrons. The fourth-order valence-corrected chi connectivity index (χ4v) is 4.63. The number of carbonyl (C=O) groups is 1. The van der Waals surface area contributed by atoms with Crippen molar-refractivity contribution in [2.24, 2.45) is 0 Å². The Bertz CT molecular complexity index is 1130. The number of thiol groups is 1. The fraction of sp³-hybridized carbons (Fsp3) is 0.286. The number of nitrogens with zero attached hydrogens (tertiary/aromatic N) is 3. The van der Waals surface area contributed by atoms with E-state index in [0.717, 1.165) is 16.6 Å². The van der Waals surface area contributed by atoms with Crippen LogP contribution in [-0.2, 0) is 22.0 Å². The van der Waals surface area contributed by atoms with Gasteiger partial charge in [-0.15, -0.1) is 0 Å². The number of aromatic nitrogens is 1. The summed E-state index contributed by atoms with van der Waals surface area (Å²) in [6, 6.07) is 13.8. The molecule has 0 spiro atoms. The molecule has 7 nitrogen and oxygen atoms in total. The van der Waals surface area contributed by atoms with E-state index in [1.54, 1.807) is 35.2 Å². The first-order valence-electron chi connectivity index (χ1n) is 9.61. The molecule has 3 aromatic rings. The number of halogens is 1. The maximum atomic E-state index is 13.0. The summed E-state index contributed by atoms with van der Waals surface area (Å²) in [6.45, 7) is 1.53. The lowest BCUT2D eigenvalue weighted by Crippen LogP contribution is -2.57. The van der Waals surface area contributed by atoms with Gasteiger partial charge in [-0.25, -0.2) is 8.42 Å². The number of fused-ring (bicyclic) bond motifs is 1. The van der Waals surface area contributed by atoms with E-state index in [1.807, 2.05) is 33.9 Å². The summed E-state index contributed by atoms with van der Waals surface area (Å²) in [7, 11) is -2.61. The summed E-state index contributed by atoms with van der Waals surface area (Å²) in [5, 5.41) is 11.5. The molecule has 2 heterocycles. The Morgan fingerprint density at radius 1 is 1.10 bits per heavy atom. The number of para-hydroxylation sites is 1. The third-order valence-corrected chi connectivity index (χ3v) is 6.51. The van der Waals surface area contributed by atoms with E-state index in [9.17, 15) is 18.3 Å². The SMILES string of the molecule is O=C(Cn1ccc2cccc(Cl)c21)N1CCN(c2ccc([SH](=O)=O)cc2)C[C@@H]1CO. The van der Waals surface area contributed by atoms with Gasteiger partial charge in [0.2, 0.25) is 5.91 Å². The van der Waals surface area contributed by atoms with Crippen molar-refractivity contribution in [2.75, 3.05) is 31.1 Å². The van der Waals surface area contributed by atoms with Crippen molar-refractivity contribution in [1.29, 1.82) is 0 Å². The molecule has 0 aliphatic carbocycles. The van der Waals surface area contributed by atoms with Crippen molar-refractivity contribution in [2.45, 2.75) is 17.5 Å². The summed E-state index contributed by atoms with van der Waals surface area (Å²) in [6.07, 6.45) is 1.85. The molecule has 1 aromatic heterocycles. The second kappa shape index (κ2) is 8.67. The van der Waals surface area contributed by atoms with Gasteiger partial charge in [0.15, 0.2) is 10.7 Å². The predicted octanol–water partition coefficient (Wildman–Crippen LogP) is 1.97. The van der Waals surface area contributed by atoms with Gasteiger partial charge >= 0.3 is 0 Å². The summed E-state index contributed by atoms with van der Waals surface area (Å²) >= 11 is 6.32. The van der Waals surface area contributed by atoms with Gasteiger partial charge in [0.1, 0.15) is 6.54 Å². The lowest BCUT2D eigenvalue weighted by atomic mass is 10.1. The van der Waals surface area contributed by atoms with Gasteiger partial charge in [-0.3, -0.25) is 4.79 Å². The first-order chi connectivity index (χ1) is 14.5. The minimum atomic E-state index is -2.61. The summed E-state index contributed by atoms with van der Waals surface area (Å²) in [4.78, 5) is 17.0. The van der Waals surface area contributed by atoms with E-state index in [0.29, 0.717) is 24.7 Å². The van der Waals surface area contributed by atoms with E-state index in [4.69, 9.17) is 11.6 Å². The van der Waals surface area contributed by atoms with Crippen LogP contribution in [0.3, 0.4) is 0 Å². The zero-order chi connectivity index (χ0) is 21.3. The summed E-state index contributed by atoms with van der Waals surface area (Å²) < 4.78 is 24.0. The highest BCUT2D eigenvalue weighted by molar-refractivity contribution is 7.72. The zero-order valence-corrected chi connectivity index (χ0v) is 17.8. The molecule has 4 rings (SSSR count). The fourth-order valence-electron chi connectivity index (χ4n) is 3.94. The number of amides is 1. The number of aliphatic hydroxyl groups is 1. The second-order valence-electron chi connectivity index (χ2n) is 7.26. The molecule has 1 atom stereocenters. The van der Waals surface area contributed by atoms with Gasteiger partial charge in [-0.1, -0.05) is 23.7 Å². The number of rotatable bonds is 5. The van der Waals surface area contributed by atoms with Crippen molar-refractivity contribution in [3.05, 3.63) is 59.8 Å². The maximum absolute atomic E-state index is 13.0. The Balaban J connectivity index is 1.48. The van der Waals surface area contributed by atoms with E-state index in [1.165, 1.54) is 0 Å². The molecule has 1 aliphatic heterocycles. The molecule has 1 saturated heterocycles. The van der Waals surface area contributed by atoms with Gasteiger partial charge in [0.05, 0.1) is 28.1 Å². The molecule has 9 heteroatoms. The van der Waals surface area contributed by atoms with E-state index >= 15 is 0 Å². The highest BCUT2D eigenvalue weighted by atomic mass is 35.5. The first-order valence-corrected chi connectivity index (χ1v) is 11.2. The number of anilines is 1. The van der Waals surface area contributed by atoms with Gasteiger partial charge < -0.3 is 19.5 Å². The quantitative estimate of drug-likeness (QED) is 0.584. The van der Waals surface area contributed by atoms with Gasteiger partial charge in [-0.2, -0.15) is 0 Å². The minimum absolute atomic E-state index is 0.0789. The van der Waals surface area contributed by atoms with Crippen LogP contribution < -0.4 is 4.90 Å². The number of aliphatic hydroxyl groups excluding tert-OH is 1.